The summed E-state index contributed by atoms with van der Waals surface area (Å²) in [6.45, 7) is 0. The molecule has 4 rings (SSSR count). The highest BCUT2D eigenvalue weighted by atomic mass is 19.4. The number of nitrogens with zero attached hydrogens (tertiary/aromatic N) is 3. The van der Waals surface area contributed by atoms with Gasteiger partial charge < -0.3 is 14.4 Å². The number of hydrogen-bond acceptors (Lipinski definition) is 2. The Morgan fingerprint density at radius 2 is 1.50 bits per heavy atom. The van der Waals surface area contributed by atoms with Crippen LogP contribution in [0.25, 0.3) is 5.69 Å². The third-order valence-electron chi connectivity index (χ3n) is 5.07. The summed E-state index contributed by atoms with van der Waals surface area (Å²) in [4.78, 5) is 16.3. The lowest BCUT2D eigenvalue weighted by atomic mass is 10.0. The Balaban J connectivity index is 1.76. The van der Waals surface area contributed by atoms with E-state index in [0.717, 1.165) is 17.3 Å². The monoisotopic (exact) mass is 385 g/mol. The van der Waals surface area contributed by atoms with Crippen LogP contribution in [-0.4, -0.2) is 29.5 Å². The van der Waals surface area contributed by atoms with Gasteiger partial charge in [0.05, 0.1) is 22.5 Å². The van der Waals surface area contributed by atoms with Gasteiger partial charge in [0.2, 0.25) is 0 Å². The fourth-order valence-corrected chi connectivity index (χ4v) is 3.76. The van der Waals surface area contributed by atoms with E-state index in [4.69, 9.17) is 0 Å². The second-order valence-electron chi connectivity index (χ2n) is 6.78. The van der Waals surface area contributed by atoms with Crippen molar-refractivity contribution in [2.45, 2.75) is 12.3 Å². The van der Waals surface area contributed by atoms with Crippen molar-refractivity contribution in [1.82, 2.24) is 9.47 Å². The summed E-state index contributed by atoms with van der Waals surface area (Å²) in [6.07, 6.45) is -1.63. The molecule has 0 bridgehead atoms. The van der Waals surface area contributed by atoms with Crippen molar-refractivity contribution in [2.24, 2.45) is 0 Å². The first-order valence-electron chi connectivity index (χ1n) is 8.72. The number of carbonyl (C=O) groups is 1. The largest absolute Gasteiger partial charge is 0.418 e. The average molecular weight is 385 g/mol. The van der Waals surface area contributed by atoms with Gasteiger partial charge in [-0.3, -0.25) is 4.79 Å². The molecule has 0 fully saturated rings. The normalized spacial score (nSPS) is 17.0. The van der Waals surface area contributed by atoms with Gasteiger partial charge in [0.1, 0.15) is 6.17 Å². The van der Waals surface area contributed by atoms with Crippen LogP contribution in [-0.2, 0) is 6.18 Å². The second kappa shape index (κ2) is 6.44. The second-order valence-corrected chi connectivity index (χ2v) is 6.78. The molecule has 0 radical (unpaired) electrons. The zero-order valence-electron chi connectivity index (χ0n) is 15.3. The fourth-order valence-electron chi connectivity index (χ4n) is 3.76. The molecule has 2 heterocycles. The summed E-state index contributed by atoms with van der Waals surface area (Å²) in [5.41, 5.74) is 1.47. The van der Waals surface area contributed by atoms with E-state index in [-0.39, 0.29) is 11.6 Å². The molecule has 1 aliphatic rings. The number of benzene rings is 2. The number of alkyl halides is 3. The topological polar surface area (TPSA) is 28.5 Å². The number of aromatic nitrogens is 1. The summed E-state index contributed by atoms with van der Waals surface area (Å²) in [5, 5.41) is 0. The average Bonchev–Trinajstić information content (AvgIpc) is 3.15. The number of halogens is 3. The van der Waals surface area contributed by atoms with Crippen LogP contribution in [0.15, 0.2) is 67.0 Å². The van der Waals surface area contributed by atoms with Crippen LogP contribution in [0.2, 0.25) is 0 Å². The van der Waals surface area contributed by atoms with E-state index in [0.29, 0.717) is 5.56 Å². The molecular formula is C21H18F3N3O. The number of amides is 1. The molecule has 0 saturated heterocycles. The first-order chi connectivity index (χ1) is 13.3. The van der Waals surface area contributed by atoms with Gasteiger partial charge in [0.15, 0.2) is 0 Å². The quantitative estimate of drug-likeness (QED) is 0.639. The molecule has 0 spiro atoms. The van der Waals surface area contributed by atoms with Crippen LogP contribution >= 0.6 is 0 Å². The molecule has 144 valence electrons. The van der Waals surface area contributed by atoms with Crippen LogP contribution in [0.3, 0.4) is 0 Å². The van der Waals surface area contributed by atoms with Crippen LogP contribution in [0.1, 0.15) is 27.7 Å². The van der Waals surface area contributed by atoms with Gasteiger partial charge in [0, 0.05) is 32.1 Å². The van der Waals surface area contributed by atoms with E-state index in [1.807, 2.05) is 30.1 Å². The SMILES string of the molecule is CN1C(=O)c2ccccc2N(C)[C@@H]1c1ccn(-c2ccccc2C(F)(F)F)c1. The lowest BCUT2D eigenvalue weighted by molar-refractivity contribution is -0.137. The van der Waals surface area contributed by atoms with Gasteiger partial charge in [-0.1, -0.05) is 24.3 Å². The molecule has 3 aromatic rings. The molecule has 28 heavy (non-hydrogen) atoms. The summed E-state index contributed by atoms with van der Waals surface area (Å²) >= 11 is 0. The molecule has 4 nitrogen and oxygen atoms in total. The van der Waals surface area contributed by atoms with Gasteiger partial charge in [-0.15, -0.1) is 0 Å². The molecule has 1 atom stereocenters. The molecular weight excluding hydrogens is 367 g/mol. The Morgan fingerprint density at radius 3 is 2.21 bits per heavy atom. The van der Waals surface area contributed by atoms with Crippen molar-refractivity contribution in [3.05, 3.63) is 83.7 Å². The van der Waals surface area contributed by atoms with Gasteiger partial charge in [-0.2, -0.15) is 13.2 Å². The lowest BCUT2D eigenvalue weighted by Crippen LogP contribution is -2.45. The Morgan fingerprint density at radius 1 is 0.857 bits per heavy atom. The van der Waals surface area contributed by atoms with Crippen molar-refractivity contribution >= 4 is 11.6 Å². The molecule has 1 aliphatic heterocycles. The first-order valence-corrected chi connectivity index (χ1v) is 8.72. The Labute approximate surface area is 160 Å². The van der Waals surface area contributed by atoms with Crippen molar-refractivity contribution < 1.29 is 18.0 Å². The third-order valence-corrected chi connectivity index (χ3v) is 5.07. The molecule has 7 heteroatoms. The van der Waals surface area contributed by atoms with Gasteiger partial charge >= 0.3 is 6.18 Å². The number of fused-ring (bicyclic) bond motifs is 1. The molecule has 0 unspecified atom stereocenters. The smallest absolute Gasteiger partial charge is 0.350 e. The number of carbonyl (C=O) groups excluding carboxylic acids is 1. The molecule has 0 saturated carbocycles. The fraction of sp³-hybridized carbons (Fsp3) is 0.190. The minimum atomic E-state index is -4.45. The van der Waals surface area contributed by atoms with Crippen molar-refractivity contribution in [3.8, 4) is 5.69 Å². The van der Waals surface area contributed by atoms with Crippen LogP contribution in [0.4, 0.5) is 18.9 Å². The van der Waals surface area contributed by atoms with E-state index in [1.54, 1.807) is 42.5 Å². The van der Waals surface area contributed by atoms with E-state index in [1.165, 1.54) is 16.7 Å². The highest BCUT2D eigenvalue weighted by molar-refractivity contribution is 6.01. The number of anilines is 1. The van der Waals surface area contributed by atoms with Crippen LogP contribution < -0.4 is 4.90 Å². The number of hydrogen-bond donors (Lipinski definition) is 0. The van der Waals surface area contributed by atoms with Gasteiger partial charge in [0.25, 0.3) is 5.91 Å². The van der Waals surface area contributed by atoms with E-state index < -0.39 is 17.9 Å². The summed E-state index contributed by atoms with van der Waals surface area (Å²) in [5.74, 6) is -0.123. The van der Waals surface area contributed by atoms with Gasteiger partial charge in [-0.05, 0) is 30.3 Å². The third kappa shape index (κ3) is 2.83. The predicted molar refractivity (Wildman–Crippen MR) is 100 cm³/mol. The molecule has 1 aromatic heterocycles. The summed E-state index contributed by atoms with van der Waals surface area (Å²) in [7, 11) is 3.56. The number of para-hydroxylation sites is 2. The minimum Gasteiger partial charge on any atom is -0.350 e. The van der Waals surface area contributed by atoms with E-state index >= 15 is 0 Å². The Hall–Kier alpha value is -3.22. The van der Waals surface area contributed by atoms with Gasteiger partial charge in [-0.25, -0.2) is 0 Å². The van der Waals surface area contributed by atoms with Crippen molar-refractivity contribution in [1.29, 1.82) is 0 Å². The molecule has 0 aliphatic carbocycles. The standard InChI is InChI=1S/C21H18F3N3O/c1-25-17-9-5-3-7-15(17)20(28)26(2)19(25)14-11-12-27(13-14)18-10-6-4-8-16(18)21(22,23)24/h3-13,19H,1-2H3/t19-/m0/s1. The number of rotatable bonds is 2. The lowest BCUT2D eigenvalue weighted by Gasteiger charge is -2.41. The molecule has 0 N–H and O–H groups in total. The van der Waals surface area contributed by atoms with Crippen molar-refractivity contribution in [2.75, 3.05) is 19.0 Å². The minimum absolute atomic E-state index is 0.0501. The van der Waals surface area contributed by atoms with Crippen LogP contribution in [0.5, 0.6) is 0 Å². The zero-order valence-corrected chi connectivity index (χ0v) is 15.3. The summed E-state index contributed by atoms with van der Waals surface area (Å²) in [6, 6.07) is 14.5. The van der Waals surface area contributed by atoms with Crippen molar-refractivity contribution in [3.63, 3.8) is 0 Å². The van der Waals surface area contributed by atoms with Crippen LogP contribution in [0, 0.1) is 0 Å². The first kappa shape index (κ1) is 18.2. The van der Waals surface area contributed by atoms with E-state index in [9.17, 15) is 18.0 Å². The van der Waals surface area contributed by atoms with E-state index in [2.05, 4.69) is 0 Å². The zero-order chi connectivity index (χ0) is 20.1. The maximum Gasteiger partial charge on any atom is 0.418 e. The highest BCUT2D eigenvalue weighted by Crippen LogP contribution is 2.38. The summed E-state index contributed by atoms with van der Waals surface area (Å²) < 4.78 is 41.5. The maximum absolute atomic E-state index is 13.4. The predicted octanol–water partition coefficient (Wildman–Crippen LogP) is 4.72. The highest BCUT2D eigenvalue weighted by Gasteiger charge is 2.36. The Kier molecular flexibility index (Phi) is 4.18. The molecule has 2 aromatic carbocycles. The maximum atomic E-state index is 13.4. The molecule has 1 amide bonds. The Bertz CT molecular complexity index is 1040.